The van der Waals surface area contributed by atoms with Crippen molar-refractivity contribution in [2.75, 3.05) is 6.54 Å². The first-order valence-electron chi connectivity index (χ1n) is 5.47. The van der Waals surface area contributed by atoms with E-state index in [-0.39, 0.29) is 5.91 Å². The lowest BCUT2D eigenvalue weighted by Crippen LogP contribution is -2.51. The largest absolute Gasteiger partial charge is 0.355 e. The van der Waals surface area contributed by atoms with Crippen LogP contribution in [0.4, 0.5) is 0 Å². The lowest BCUT2D eigenvalue weighted by atomic mass is 9.96. The van der Waals surface area contributed by atoms with Crippen LogP contribution in [0.5, 0.6) is 0 Å². The summed E-state index contributed by atoms with van der Waals surface area (Å²) in [7, 11) is 0. The van der Waals surface area contributed by atoms with Crippen molar-refractivity contribution in [3.05, 3.63) is 0 Å². The molecule has 3 heteroatoms. The molecule has 14 heavy (non-hydrogen) atoms. The van der Waals surface area contributed by atoms with Gasteiger partial charge >= 0.3 is 0 Å². The standard InChI is InChI=1S/C11H24N2O/c1-5-7-11(4,12)10(14)13-8-6-9(2)3/h9H,5-8,12H2,1-4H3,(H,13,14). The van der Waals surface area contributed by atoms with Crippen LogP contribution >= 0.6 is 0 Å². The zero-order valence-electron chi connectivity index (χ0n) is 9.89. The molecule has 0 aromatic rings. The van der Waals surface area contributed by atoms with Gasteiger partial charge in [0.25, 0.3) is 0 Å². The van der Waals surface area contributed by atoms with Gasteiger partial charge in [-0.15, -0.1) is 0 Å². The molecule has 1 unspecified atom stereocenters. The summed E-state index contributed by atoms with van der Waals surface area (Å²) in [5, 5.41) is 2.88. The molecule has 0 radical (unpaired) electrons. The Kier molecular flexibility index (Phi) is 5.77. The van der Waals surface area contributed by atoms with Gasteiger partial charge in [0.1, 0.15) is 0 Å². The van der Waals surface area contributed by atoms with E-state index in [1.54, 1.807) is 6.92 Å². The molecule has 0 aromatic heterocycles. The Hall–Kier alpha value is -0.570. The van der Waals surface area contributed by atoms with Crippen LogP contribution in [0, 0.1) is 5.92 Å². The highest BCUT2D eigenvalue weighted by atomic mass is 16.2. The Morgan fingerprint density at radius 3 is 2.50 bits per heavy atom. The van der Waals surface area contributed by atoms with Crippen LogP contribution in [-0.2, 0) is 4.79 Å². The first-order chi connectivity index (χ1) is 6.40. The Morgan fingerprint density at radius 2 is 2.07 bits per heavy atom. The minimum absolute atomic E-state index is 0.0278. The molecule has 0 spiro atoms. The minimum atomic E-state index is -0.703. The van der Waals surface area contributed by atoms with E-state index in [4.69, 9.17) is 5.73 Å². The number of carbonyl (C=O) groups excluding carboxylic acids is 1. The lowest BCUT2D eigenvalue weighted by Gasteiger charge is -2.23. The van der Waals surface area contributed by atoms with Gasteiger partial charge in [0.2, 0.25) is 5.91 Å². The van der Waals surface area contributed by atoms with Crippen LogP contribution in [0.2, 0.25) is 0 Å². The highest BCUT2D eigenvalue weighted by molar-refractivity contribution is 5.85. The van der Waals surface area contributed by atoms with Crippen LogP contribution in [0.25, 0.3) is 0 Å². The number of hydrogen-bond donors (Lipinski definition) is 2. The predicted molar refractivity (Wildman–Crippen MR) is 60.0 cm³/mol. The van der Waals surface area contributed by atoms with Gasteiger partial charge in [0, 0.05) is 6.54 Å². The van der Waals surface area contributed by atoms with Crippen molar-refractivity contribution in [2.24, 2.45) is 11.7 Å². The fourth-order valence-electron chi connectivity index (χ4n) is 1.31. The van der Waals surface area contributed by atoms with Gasteiger partial charge in [0.15, 0.2) is 0 Å². The van der Waals surface area contributed by atoms with Gasteiger partial charge in [-0.3, -0.25) is 4.79 Å². The third-order valence-corrected chi connectivity index (χ3v) is 2.30. The third kappa shape index (κ3) is 5.22. The van der Waals surface area contributed by atoms with Gasteiger partial charge in [-0.2, -0.15) is 0 Å². The van der Waals surface area contributed by atoms with Crippen molar-refractivity contribution in [1.82, 2.24) is 5.32 Å². The average molecular weight is 200 g/mol. The van der Waals surface area contributed by atoms with Crippen LogP contribution in [0.3, 0.4) is 0 Å². The van der Waals surface area contributed by atoms with Gasteiger partial charge in [-0.05, 0) is 25.7 Å². The van der Waals surface area contributed by atoms with Crippen molar-refractivity contribution in [1.29, 1.82) is 0 Å². The van der Waals surface area contributed by atoms with Crippen LogP contribution in [-0.4, -0.2) is 18.0 Å². The van der Waals surface area contributed by atoms with Crippen molar-refractivity contribution in [3.8, 4) is 0 Å². The van der Waals surface area contributed by atoms with E-state index in [2.05, 4.69) is 19.2 Å². The minimum Gasteiger partial charge on any atom is -0.355 e. The summed E-state index contributed by atoms with van der Waals surface area (Å²) in [5.74, 6) is 0.588. The zero-order valence-corrected chi connectivity index (χ0v) is 9.89. The number of hydrogen-bond acceptors (Lipinski definition) is 2. The molecule has 0 aromatic carbocycles. The number of nitrogens with two attached hydrogens (primary N) is 1. The summed E-state index contributed by atoms with van der Waals surface area (Å²) in [4.78, 5) is 11.6. The summed E-state index contributed by atoms with van der Waals surface area (Å²) in [5.41, 5.74) is 5.17. The summed E-state index contributed by atoms with van der Waals surface area (Å²) in [6.07, 6.45) is 2.68. The highest BCUT2D eigenvalue weighted by Gasteiger charge is 2.26. The zero-order chi connectivity index (χ0) is 11.2. The number of amides is 1. The van der Waals surface area contributed by atoms with Crippen molar-refractivity contribution >= 4 is 5.91 Å². The summed E-state index contributed by atoms with van der Waals surface area (Å²) >= 11 is 0. The Labute approximate surface area is 87.4 Å². The predicted octanol–water partition coefficient (Wildman–Crippen LogP) is 1.67. The van der Waals surface area contributed by atoms with E-state index in [1.165, 1.54) is 0 Å². The van der Waals surface area contributed by atoms with Crippen molar-refractivity contribution in [2.45, 2.75) is 52.5 Å². The molecule has 3 nitrogen and oxygen atoms in total. The summed E-state index contributed by atoms with van der Waals surface area (Å²) < 4.78 is 0. The molecule has 0 fully saturated rings. The molecule has 0 heterocycles. The summed E-state index contributed by atoms with van der Waals surface area (Å²) in [6.45, 7) is 8.83. The number of nitrogens with one attached hydrogen (secondary N) is 1. The SMILES string of the molecule is CCCC(C)(N)C(=O)NCCC(C)C. The highest BCUT2D eigenvalue weighted by Crippen LogP contribution is 2.08. The first-order valence-corrected chi connectivity index (χ1v) is 5.47. The molecule has 1 amide bonds. The maximum Gasteiger partial charge on any atom is 0.239 e. The maximum atomic E-state index is 11.6. The molecular formula is C11H24N2O. The van der Waals surface area contributed by atoms with Gasteiger partial charge < -0.3 is 11.1 Å². The Balaban J connectivity index is 3.83. The van der Waals surface area contributed by atoms with Crippen LogP contribution in [0.1, 0.15) is 47.0 Å². The maximum absolute atomic E-state index is 11.6. The van der Waals surface area contributed by atoms with Crippen LogP contribution in [0.15, 0.2) is 0 Å². The first kappa shape index (κ1) is 13.4. The third-order valence-electron chi connectivity index (χ3n) is 2.30. The van der Waals surface area contributed by atoms with E-state index >= 15 is 0 Å². The molecule has 0 saturated carbocycles. The normalized spacial score (nSPS) is 15.3. The molecule has 3 N–H and O–H groups in total. The second kappa shape index (κ2) is 6.02. The second-order valence-electron chi connectivity index (χ2n) is 4.61. The Bertz CT molecular complexity index is 176. The van der Waals surface area contributed by atoms with E-state index in [1.807, 2.05) is 6.92 Å². The summed E-state index contributed by atoms with van der Waals surface area (Å²) in [6, 6.07) is 0. The lowest BCUT2D eigenvalue weighted by molar-refractivity contribution is -0.126. The van der Waals surface area contributed by atoms with Crippen LogP contribution < -0.4 is 11.1 Å². The molecule has 84 valence electrons. The smallest absolute Gasteiger partial charge is 0.239 e. The second-order valence-corrected chi connectivity index (χ2v) is 4.61. The molecule has 0 saturated heterocycles. The molecule has 0 rings (SSSR count). The number of carbonyl (C=O) groups is 1. The molecule has 1 atom stereocenters. The number of rotatable bonds is 6. The molecule has 0 aliphatic rings. The van der Waals surface area contributed by atoms with Gasteiger partial charge in [-0.1, -0.05) is 27.2 Å². The van der Waals surface area contributed by atoms with Crippen molar-refractivity contribution in [3.63, 3.8) is 0 Å². The van der Waals surface area contributed by atoms with E-state index in [0.717, 1.165) is 25.8 Å². The fourth-order valence-corrected chi connectivity index (χ4v) is 1.31. The molecule has 0 aliphatic carbocycles. The topological polar surface area (TPSA) is 55.1 Å². The quantitative estimate of drug-likeness (QED) is 0.685. The monoisotopic (exact) mass is 200 g/mol. The average Bonchev–Trinajstić information content (AvgIpc) is 2.03. The molecule has 0 bridgehead atoms. The molecule has 0 aliphatic heterocycles. The van der Waals surface area contributed by atoms with E-state index in [9.17, 15) is 4.79 Å². The van der Waals surface area contributed by atoms with Gasteiger partial charge in [-0.25, -0.2) is 0 Å². The molecular weight excluding hydrogens is 176 g/mol. The fraction of sp³-hybridized carbons (Fsp3) is 0.909. The van der Waals surface area contributed by atoms with E-state index < -0.39 is 5.54 Å². The van der Waals surface area contributed by atoms with Crippen molar-refractivity contribution < 1.29 is 4.79 Å². The van der Waals surface area contributed by atoms with E-state index in [0.29, 0.717) is 5.92 Å². The Morgan fingerprint density at radius 1 is 1.50 bits per heavy atom. The van der Waals surface area contributed by atoms with Gasteiger partial charge in [0.05, 0.1) is 5.54 Å².